The van der Waals surface area contributed by atoms with Gasteiger partial charge < -0.3 is 0 Å². The van der Waals surface area contributed by atoms with E-state index in [2.05, 4.69) is 170 Å². The van der Waals surface area contributed by atoms with Crippen LogP contribution in [0.25, 0.3) is 67.4 Å². The molecule has 3 heteroatoms. The molecule has 0 saturated carbocycles. The molecule has 2 heterocycles. The highest BCUT2D eigenvalue weighted by Gasteiger charge is 2.45. The van der Waals surface area contributed by atoms with Gasteiger partial charge in [-0.05, 0) is 68.8 Å². The fourth-order valence-corrected chi connectivity index (χ4v) is 8.25. The van der Waals surface area contributed by atoms with Crippen LogP contribution in [0.2, 0.25) is 0 Å². The molecule has 0 fully saturated rings. The van der Waals surface area contributed by atoms with Crippen molar-refractivity contribution in [3.63, 3.8) is 0 Å². The summed E-state index contributed by atoms with van der Waals surface area (Å²) in [5.41, 5.74) is 16.3. The van der Waals surface area contributed by atoms with Crippen LogP contribution in [0.15, 0.2) is 212 Å². The van der Waals surface area contributed by atoms with E-state index in [9.17, 15) is 0 Å². The zero-order valence-electron chi connectivity index (χ0n) is 30.0. The molecule has 0 aliphatic heterocycles. The fraction of sp³-hybridized carbons (Fsp3) is 0.0192. The minimum absolute atomic E-state index is 0.407. The van der Waals surface area contributed by atoms with Gasteiger partial charge >= 0.3 is 0 Å². The van der Waals surface area contributed by atoms with E-state index in [0.29, 0.717) is 5.82 Å². The van der Waals surface area contributed by atoms with Gasteiger partial charge in [-0.1, -0.05) is 182 Å². The summed E-state index contributed by atoms with van der Waals surface area (Å²) >= 11 is 0. The van der Waals surface area contributed by atoms with Crippen molar-refractivity contribution >= 4 is 0 Å². The van der Waals surface area contributed by atoms with E-state index in [1.54, 1.807) is 0 Å². The van der Waals surface area contributed by atoms with Crippen LogP contribution in [0.3, 0.4) is 0 Å². The molecule has 10 rings (SSSR count). The summed E-state index contributed by atoms with van der Waals surface area (Å²) in [5.74, 6) is 0.682. The number of pyridine rings is 1. The fourth-order valence-electron chi connectivity index (χ4n) is 8.25. The largest absolute Gasteiger partial charge is 0.256 e. The first kappa shape index (κ1) is 32.4. The smallest absolute Gasteiger partial charge is 0.160 e. The van der Waals surface area contributed by atoms with E-state index in [0.717, 1.165) is 44.9 Å². The van der Waals surface area contributed by atoms with Crippen LogP contribution < -0.4 is 0 Å². The van der Waals surface area contributed by atoms with Crippen molar-refractivity contribution in [1.82, 2.24) is 15.0 Å². The number of nitrogens with zero attached hydrogens (tertiary/aromatic N) is 3. The molecular formula is C52H35N3. The molecule has 0 N–H and O–H groups in total. The van der Waals surface area contributed by atoms with Gasteiger partial charge in [0.2, 0.25) is 0 Å². The third-order valence-corrected chi connectivity index (χ3v) is 10.9. The molecule has 7 aromatic carbocycles. The molecule has 2 aromatic heterocycles. The van der Waals surface area contributed by atoms with Crippen LogP contribution in [-0.4, -0.2) is 15.0 Å². The third-order valence-electron chi connectivity index (χ3n) is 10.9. The second-order valence-corrected chi connectivity index (χ2v) is 14.0. The topological polar surface area (TPSA) is 38.7 Å². The van der Waals surface area contributed by atoms with Crippen molar-refractivity contribution in [2.24, 2.45) is 0 Å². The molecule has 0 bridgehead atoms. The molecule has 0 saturated heterocycles. The second kappa shape index (κ2) is 13.6. The predicted molar refractivity (Wildman–Crippen MR) is 224 cm³/mol. The molecule has 0 atom stereocenters. The molecule has 55 heavy (non-hydrogen) atoms. The highest BCUT2D eigenvalue weighted by molar-refractivity contribution is 5.89. The van der Waals surface area contributed by atoms with Crippen LogP contribution in [0.5, 0.6) is 0 Å². The van der Waals surface area contributed by atoms with Crippen molar-refractivity contribution in [1.29, 1.82) is 0 Å². The van der Waals surface area contributed by atoms with Crippen molar-refractivity contribution in [3.05, 3.63) is 235 Å². The first-order chi connectivity index (χ1) is 27.3. The standard InChI is InChI=1S/C52H35N3/c1-5-15-37(16-6-1)48-32-30-41(35-53-48)50-34-49(54-51(55-50)39-17-7-2-8-18-39)38-27-25-36(26-28-38)40-29-31-47-45(33-40)44-23-13-14-24-46(44)52(47,42-19-9-3-10-20-42)43-21-11-4-12-22-43/h1-35H. The van der Waals surface area contributed by atoms with Gasteiger partial charge in [-0.3, -0.25) is 4.98 Å². The Hall–Kier alpha value is -7.23. The average Bonchev–Trinajstić information content (AvgIpc) is 3.58. The first-order valence-electron chi connectivity index (χ1n) is 18.7. The van der Waals surface area contributed by atoms with Crippen LogP contribution in [0.1, 0.15) is 22.3 Å². The number of benzene rings is 7. The molecule has 1 aliphatic carbocycles. The maximum atomic E-state index is 5.08. The summed E-state index contributed by atoms with van der Waals surface area (Å²) < 4.78 is 0. The van der Waals surface area contributed by atoms with E-state index < -0.39 is 5.41 Å². The van der Waals surface area contributed by atoms with Crippen molar-refractivity contribution in [2.45, 2.75) is 5.41 Å². The van der Waals surface area contributed by atoms with Gasteiger partial charge in [0.15, 0.2) is 5.82 Å². The van der Waals surface area contributed by atoms with Crippen LogP contribution in [0.4, 0.5) is 0 Å². The summed E-state index contributed by atoms with van der Waals surface area (Å²) in [6.07, 6.45) is 1.91. The summed E-state index contributed by atoms with van der Waals surface area (Å²) in [5, 5.41) is 0. The lowest BCUT2D eigenvalue weighted by Crippen LogP contribution is -2.28. The predicted octanol–water partition coefficient (Wildman–Crippen LogP) is 12.6. The number of fused-ring (bicyclic) bond motifs is 3. The highest BCUT2D eigenvalue weighted by Crippen LogP contribution is 2.56. The monoisotopic (exact) mass is 701 g/mol. The Morgan fingerprint density at radius 1 is 0.309 bits per heavy atom. The van der Waals surface area contributed by atoms with Crippen LogP contribution in [-0.2, 0) is 5.41 Å². The van der Waals surface area contributed by atoms with E-state index in [1.165, 1.54) is 38.9 Å². The Balaban J connectivity index is 1.04. The molecule has 258 valence electrons. The zero-order chi connectivity index (χ0) is 36.6. The van der Waals surface area contributed by atoms with Gasteiger partial charge in [-0.15, -0.1) is 0 Å². The molecule has 3 nitrogen and oxygen atoms in total. The SMILES string of the molecule is c1ccc(-c2ccc(-c3cc(-c4ccc(-c5ccc6c(c5)-c5ccccc5C6(c5ccccc5)c5ccccc5)cc4)nc(-c4ccccc4)n3)cn2)cc1. The maximum absolute atomic E-state index is 5.08. The number of aromatic nitrogens is 3. The Kier molecular flexibility index (Phi) is 8.04. The van der Waals surface area contributed by atoms with Gasteiger partial charge in [0.1, 0.15) is 0 Å². The highest BCUT2D eigenvalue weighted by atomic mass is 14.9. The molecule has 1 aliphatic rings. The van der Waals surface area contributed by atoms with Gasteiger partial charge in [0.25, 0.3) is 0 Å². The summed E-state index contributed by atoms with van der Waals surface area (Å²) in [7, 11) is 0. The summed E-state index contributed by atoms with van der Waals surface area (Å²) in [6, 6.07) is 73.2. The van der Waals surface area contributed by atoms with Gasteiger partial charge in [-0.25, -0.2) is 9.97 Å². The number of rotatable bonds is 7. The molecule has 0 radical (unpaired) electrons. The number of hydrogen-bond donors (Lipinski definition) is 0. The lowest BCUT2D eigenvalue weighted by molar-refractivity contribution is 0.768. The Labute approximate surface area is 321 Å². The van der Waals surface area contributed by atoms with Gasteiger partial charge in [0.05, 0.1) is 22.5 Å². The summed E-state index contributed by atoms with van der Waals surface area (Å²) in [4.78, 5) is 14.9. The molecule has 0 spiro atoms. The lowest BCUT2D eigenvalue weighted by atomic mass is 9.67. The Morgan fingerprint density at radius 2 is 0.800 bits per heavy atom. The minimum atomic E-state index is -0.407. The van der Waals surface area contributed by atoms with Gasteiger partial charge in [-0.2, -0.15) is 0 Å². The van der Waals surface area contributed by atoms with E-state index in [-0.39, 0.29) is 0 Å². The van der Waals surface area contributed by atoms with Crippen LogP contribution in [0, 0.1) is 0 Å². The van der Waals surface area contributed by atoms with Crippen molar-refractivity contribution in [3.8, 4) is 67.4 Å². The first-order valence-corrected chi connectivity index (χ1v) is 18.7. The maximum Gasteiger partial charge on any atom is 0.160 e. The Morgan fingerprint density at radius 3 is 1.44 bits per heavy atom. The van der Waals surface area contributed by atoms with E-state index in [1.807, 2.05) is 42.6 Å². The number of hydrogen-bond acceptors (Lipinski definition) is 3. The molecular weight excluding hydrogens is 667 g/mol. The van der Waals surface area contributed by atoms with Gasteiger partial charge in [0, 0.05) is 28.5 Å². The van der Waals surface area contributed by atoms with E-state index >= 15 is 0 Å². The minimum Gasteiger partial charge on any atom is -0.256 e. The van der Waals surface area contributed by atoms with Crippen molar-refractivity contribution in [2.75, 3.05) is 0 Å². The quantitative estimate of drug-likeness (QED) is 0.166. The second-order valence-electron chi connectivity index (χ2n) is 14.0. The lowest BCUT2D eigenvalue weighted by Gasteiger charge is -2.33. The van der Waals surface area contributed by atoms with Crippen LogP contribution >= 0.6 is 0 Å². The summed E-state index contributed by atoms with van der Waals surface area (Å²) in [6.45, 7) is 0. The molecule has 9 aromatic rings. The zero-order valence-corrected chi connectivity index (χ0v) is 30.0. The molecule has 0 amide bonds. The van der Waals surface area contributed by atoms with E-state index in [4.69, 9.17) is 15.0 Å². The molecule has 0 unspecified atom stereocenters. The Bertz CT molecular complexity index is 2720. The third kappa shape index (κ3) is 5.65. The normalized spacial score (nSPS) is 12.5. The average molecular weight is 702 g/mol. The van der Waals surface area contributed by atoms with Crippen molar-refractivity contribution < 1.29 is 0 Å².